The van der Waals surface area contributed by atoms with E-state index < -0.39 is 10.8 Å². The fourth-order valence-corrected chi connectivity index (χ4v) is 5.51. The Bertz CT molecular complexity index is 1310. The maximum absolute atomic E-state index is 13.5. The Morgan fingerprint density at radius 1 is 1.03 bits per heavy atom. The number of aromatic nitrogens is 2. The van der Waals surface area contributed by atoms with Gasteiger partial charge in [-0.1, -0.05) is 55.3 Å². The number of H-pyrrole nitrogens is 1. The lowest BCUT2D eigenvalue weighted by atomic mass is 9.84. The quantitative estimate of drug-likeness (QED) is 0.380. The van der Waals surface area contributed by atoms with Gasteiger partial charge in [0, 0.05) is 38.6 Å². The summed E-state index contributed by atoms with van der Waals surface area (Å²) in [6.45, 7) is 0. The summed E-state index contributed by atoms with van der Waals surface area (Å²) in [6, 6.07) is 23.6. The van der Waals surface area contributed by atoms with E-state index in [1.54, 1.807) is 6.26 Å². The van der Waals surface area contributed by atoms with Gasteiger partial charge in [-0.25, -0.2) is 0 Å². The molecule has 0 bridgehead atoms. The zero-order valence-electron chi connectivity index (χ0n) is 18.6. The van der Waals surface area contributed by atoms with Crippen LogP contribution < -0.4 is 5.32 Å². The third-order valence-corrected chi connectivity index (χ3v) is 7.50. The fraction of sp³-hybridized carbons (Fsp3) is 0.259. The first kappa shape index (κ1) is 21.6. The SMILES string of the molecule is CS(=O)c1cccc(-c2n[nH]c3ccc(NC(=O)C(c4ccccc4)C4CCCC4)cc23)c1. The largest absolute Gasteiger partial charge is 0.326 e. The number of fused-ring (bicyclic) bond motifs is 1. The predicted molar refractivity (Wildman–Crippen MR) is 134 cm³/mol. The summed E-state index contributed by atoms with van der Waals surface area (Å²) in [5.74, 6) is 0.267. The molecule has 1 heterocycles. The number of hydrogen-bond acceptors (Lipinski definition) is 3. The van der Waals surface area contributed by atoms with Crippen molar-refractivity contribution in [2.24, 2.45) is 5.92 Å². The molecular weight excluding hydrogens is 430 g/mol. The zero-order chi connectivity index (χ0) is 22.8. The number of amides is 1. The summed E-state index contributed by atoms with van der Waals surface area (Å²) in [7, 11) is -1.07. The van der Waals surface area contributed by atoms with E-state index in [2.05, 4.69) is 27.6 Å². The highest BCUT2D eigenvalue weighted by Crippen LogP contribution is 2.38. The van der Waals surface area contributed by atoms with Crippen molar-refractivity contribution in [1.29, 1.82) is 0 Å². The number of benzene rings is 3. The van der Waals surface area contributed by atoms with Crippen molar-refractivity contribution < 1.29 is 9.00 Å². The molecule has 1 fully saturated rings. The van der Waals surface area contributed by atoms with E-state index in [0.29, 0.717) is 5.92 Å². The van der Waals surface area contributed by atoms with Crippen LogP contribution in [0.1, 0.15) is 37.2 Å². The lowest BCUT2D eigenvalue weighted by Crippen LogP contribution is -2.26. The normalized spacial score (nSPS) is 16.0. The van der Waals surface area contributed by atoms with Gasteiger partial charge in [-0.05, 0) is 54.7 Å². The summed E-state index contributed by atoms with van der Waals surface area (Å²) in [6.07, 6.45) is 6.23. The highest BCUT2D eigenvalue weighted by atomic mass is 32.2. The van der Waals surface area contributed by atoms with E-state index in [0.717, 1.165) is 51.1 Å². The van der Waals surface area contributed by atoms with Gasteiger partial charge in [0.1, 0.15) is 5.69 Å². The molecule has 168 valence electrons. The van der Waals surface area contributed by atoms with E-state index in [9.17, 15) is 9.00 Å². The van der Waals surface area contributed by atoms with Crippen LogP contribution in [0.25, 0.3) is 22.2 Å². The van der Waals surface area contributed by atoms with Gasteiger partial charge >= 0.3 is 0 Å². The van der Waals surface area contributed by atoms with Crippen molar-refractivity contribution in [3.05, 3.63) is 78.4 Å². The molecule has 0 saturated heterocycles. The Balaban J connectivity index is 1.46. The van der Waals surface area contributed by atoms with E-state index in [-0.39, 0.29) is 11.8 Å². The van der Waals surface area contributed by atoms with Gasteiger partial charge in [0.25, 0.3) is 0 Å². The topological polar surface area (TPSA) is 74.8 Å². The highest BCUT2D eigenvalue weighted by molar-refractivity contribution is 7.84. The van der Waals surface area contributed by atoms with Crippen molar-refractivity contribution in [3.63, 3.8) is 0 Å². The second-order valence-electron chi connectivity index (χ2n) is 8.74. The van der Waals surface area contributed by atoms with Gasteiger partial charge in [-0.2, -0.15) is 5.10 Å². The molecule has 5 nitrogen and oxygen atoms in total. The second kappa shape index (κ2) is 9.32. The molecule has 3 aromatic carbocycles. The first-order valence-corrected chi connectivity index (χ1v) is 12.9. The molecule has 1 aromatic heterocycles. The number of carbonyl (C=O) groups excluding carboxylic acids is 1. The van der Waals surface area contributed by atoms with Gasteiger partial charge in [0.15, 0.2) is 0 Å². The molecular formula is C27H27N3O2S. The average Bonchev–Trinajstić information content (AvgIpc) is 3.50. The fourth-order valence-electron chi connectivity index (χ4n) is 4.94. The van der Waals surface area contributed by atoms with Crippen molar-refractivity contribution in [1.82, 2.24) is 10.2 Å². The molecule has 5 rings (SSSR count). The monoisotopic (exact) mass is 457 g/mol. The molecule has 2 N–H and O–H groups in total. The van der Waals surface area contributed by atoms with Crippen molar-refractivity contribution in [2.75, 3.05) is 11.6 Å². The first-order chi connectivity index (χ1) is 16.1. The predicted octanol–water partition coefficient (Wildman–Crippen LogP) is 5.88. The standard InChI is InChI=1S/C27H27N3O2S/c1-33(32)22-13-7-12-20(16-22)26-23-17-21(14-15-24(23)29-30-26)28-27(31)25(19-10-5-6-11-19)18-8-3-2-4-9-18/h2-4,7-9,12-17,19,25H,5-6,10-11H2,1H3,(H,28,31)(H,29,30). The van der Waals surface area contributed by atoms with E-state index in [1.165, 1.54) is 12.8 Å². The number of nitrogens with one attached hydrogen (secondary N) is 2. The Morgan fingerprint density at radius 3 is 2.58 bits per heavy atom. The summed E-state index contributed by atoms with van der Waals surface area (Å²) in [4.78, 5) is 14.2. The number of aromatic amines is 1. The van der Waals surface area contributed by atoms with Crippen LogP contribution in [0.15, 0.2) is 77.7 Å². The Hall–Kier alpha value is -3.25. The summed E-state index contributed by atoms with van der Waals surface area (Å²) in [5.41, 5.74) is 4.40. The number of carbonyl (C=O) groups is 1. The van der Waals surface area contributed by atoms with Crippen LogP contribution in [-0.4, -0.2) is 26.6 Å². The maximum atomic E-state index is 13.5. The van der Waals surface area contributed by atoms with Crippen molar-refractivity contribution in [2.45, 2.75) is 36.5 Å². The lowest BCUT2D eigenvalue weighted by Gasteiger charge is -2.23. The van der Waals surface area contributed by atoms with Gasteiger partial charge in [0.05, 0.1) is 11.4 Å². The minimum Gasteiger partial charge on any atom is -0.326 e. The molecule has 4 aromatic rings. The van der Waals surface area contributed by atoms with Crippen LogP contribution in [-0.2, 0) is 15.6 Å². The highest BCUT2D eigenvalue weighted by Gasteiger charge is 2.32. The second-order valence-corrected chi connectivity index (χ2v) is 10.1. The zero-order valence-corrected chi connectivity index (χ0v) is 19.4. The van der Waals surface area contributed by atoms with Crippen LogP contribution in [0.2, 0.25) is 0 Å². The average molecular weight is 458 g/mol. The number of rotatable bonds is 6. The van der Waals surface area contributed by atoms with Crippen molar-refractivity contribution in [3.8, 4) is 11.3 Å². The summed E-state index contributed by atoms with van der Waals surface area (Å²) in [5, 5.41) is 11.7. The molecule has 6 heteroatoms. The number of hydrogen-bond donors (Lipinski definition) is 2. The molecule has 1 saturated carbocycles. The summed E-state index contributed by atoms with van der Waals surface area (Å²) < 4.78 is 11.9. The van der Waals surface area contributed by atoms with Gasteiger partial charge in [0.2, 0.25) is 5.91 Å². The molecule has 1 aliphatic carbocycles. The molecule has 2 unspecified atom stereocenters. The number of anilines is 1. The lowest BCUT2D eigenvalue weighted by molar-refractivity contribution is -0.118. The molecule has 2 atom stereocenters. The van der Waals surface area contributed by atoms with Crippen molar-refractivity contribution >= 4 is 33.3 Å². The summed E-state index contributed by atoms with van der Waals surface area (Å²) >= 11 is 0. The minimum absolute atomic E-state index is 0.0425. The van der Waals surface area contributed by atoms with Gasteiger partial charge in [-0.3, -0.25) is 14.1 Å². The molecule has 33 heavy (non-hydrogen) atoms. The third-order valence-electron chi connectivity index (χ3n) is 6.58. The molecule has 0 radical (unpaired) electrons. The van der Waals surface area contributed by atoms with E-state index in [4.69, 9.17) is 0 Å². The van der Waals surface area contributed by atoms with Crippen LogP contribution >= 0.6 is 0 Å². The van der Waals surface area contributed by atoms with E-state index >= 15 is 0 Å². The third kappa shape index (κ3) is 4.48. The molecule has 1 aliphatic rings. The Kier molecular flexibility index (Phi) is 6.09. The Morgan fingerprint density at radius 2 is 1.82 bits per heavy atom. The maximum Gasteiger partial charge on any atom is 0.232 e. The number of nitrogens with zero attached hydrogens (tertiary/aromatic N) is 1. The van der Waals surface area contributed by atoms with E-state index in [1.807, 2.05) is 60.7 Å². The first-order valence-electron chi connectivity index (χ1n) is 11.4. The van der Waals surface area contributed by atoms with Gasteiger partial charge < -0.3 is 5.32 Å². The van der Waals surface area contributed by atoms with Crippen LogP contribution in [0.4, 0.5) is 5.69 Å². The van der Waals surface area contributed by atoms with Crippen LogP contribution in [0.3, 0.4) is 0 Å². The molecule has 0 spiro atoms. The van der Waals surface area contributed by atoms with Crippen LogP contribution in [0.5, 0.6) is 0 Å². The smallest absolute Gasteiger partial charge is 0.232 e. The van der Waals surface area contributed by atoms with Crippen LogP contribution in [0, 0.1) is 5.92 Å². The Labute approximate surface area is 196 Å². The molecule has 1 amide bonds. The minimum atomic E-state index is -1.07. The molecule has 0 aliphatic heterocycles. The van der Waals surface area contributed by atoms with Gasteiger partial charge in [-0.15, -0.1) is 0 Å².